The first-order chi connectivity index (χ1) is 17.8. The van der Waals surface area contributed by atoms with Gasteiger partial charge in [-0.05, 0) is 83.4 Å². The zero-order valence-electron chi connectivity index (χ0n) is 21.9. The summed E-state index contributed by atoms with van der Waals surface area (Å²) in [6.07, 6.45) is 6.46. The van der Waals surface area contributed by atoms with Crippen LogP contribution < -0.4 is 20.7 Å². The maximum Gasteiger partial charge on any atom is 0.255 e. The maximum absolute atomic E-state index is 13.5. The monoisotopic (exact) mass is 506 g/mol. The van der Waals surface area contributed by atoms with Crippen LogP contribution in [0.4, 0.5) is 0 Å². The van der Waals surface area contributed by atoms with Crippen molar-refractivity contribution < 1.29 is 19.4 Å². The first-order valence-electron chi connectivity index (χ1n) is 13.5. The second kappa shape index (κ2) is 10.6. The third-order valence-corrected chi connectivity index (χ3v) is 7.74. The van der Waals surface area contributed by atoms with Gasteiger partial charge in [0.1, 0.15) is 11.9 Å². The number of nitrogens with one attached hydrogen (secondary N) is 4. The second-order valence-corrected chi connectivity index (χ2v) is 10.9. The number of hydrogen-bond acceptors (Lipinski definition) is 5. The molecule has 2 fully saturated rings. The van der Waals surface area contributed by atoms with Crippen LogP contribution in [0.25, 0.3) is 5.57 Å². The average Bonchev–Trinajstić information content (AvgIpc) is 3.58. The van der Waals surface area contributed by atoms with Gasteiger partial charge in [-0.2, -0.15) is 0 Å². The van der Waals surface area contributed by atoms with E-state index in [1.54, 1.807) is 0 Å². The number of ether oxygens (including phenoxy) is 1. The number of fused-ring (bicyclic) bond motifs is 1. The highest BCUT2D eigenvalue weighted by atomic mass is 16.5. The minimum atomic E-state index is -1.01. The Kier molecular flexibility index (Phi) is 7.29. The van der Waals surface area contributed by atoms with Crippen LogP contribution in [0, 0.1) is 12.8 Å². The molecular formula is C29H38N4O4. The number of H-pyrrole nitrogens is 1. The van der Waals surface area contributed by atoms with Gasteiger partial charge < -0.3 is 30.8 Å². The number of carbonyl (C=O) groups is 2. The van der Waals surface area contributed by atoms with Crippen molar-refractivity contribution in [1.82, 2.24) is 20.9 Å². The Morgan fingerprint density at radius 2 is 1.73 bits per heavy atom. The molecule has 198 valence electrons. The number of amides is 2. The van der Waals surface area contributed by atoms with E-state index < -0.39 is 6.10 Å². The summed E-state index contributed by atoms with van der Waals surface area (Å²) in [7, 11) is 0. The van der Waals surface area contributed by atoms with Crippen LogP contribution >= 0.6 is 0 Å². The first kappa shape index (κ1) is 25.4. The molecule has 8 nitrogen and oxygen atoms in total. The van der Waals surface area contributed by atoms with Crippen molar-refractivity contribution in [2.24, 2.45) is 5.92 Å². The van der Waals surface area contributed by atoms with Crippen LogP contribution in [0.5, 0.6) is 5.75 Å². The lowest BCUT2D eigenvalue weighted by Crippen LogP contribution is -2.46. The van der Waals surface area contributed by atoms with E-state index in [4.69, 9.17) is 4.74 Å². The van der Waals surface area contributed by atoms with Gasteiger partial charge in [0, 0.05) is 35.1 Å². The number of carbonyl (C=O) groups excluding carboxylic acids is 2. The number of aromatic amines is 1. The first-order valence-corrected chi connectivity index (χ1v) is 13.5. The molecule has 2 unspecified atom stereocenters. The molecule has 0 saturated heterocycles. The largest absolute Gasteiger partial charge is 0.493 e. The van der Waals surface area contributed by atoms with Crippen molar-refractivity contribution in [3.05, 3.63) is 58.5 Å². The van der Waals surface area contributed by atoms with Gasteiger partial charge >= 0.3 is 0 Å². The van der Waals surface area contributed by atoms with E-state index in [0.717, 1.165) is 66.1 Å². The van der Waals surface area contributed by atoms with Gasteiger partial charge in [0.05, 0.1) is 23.9 Å². The molecule has 2 aromatic rings. The molecule has 1 aromatic carbocycles. The molecule has 37 heavy (non-hydrogen) atoms. The average molecular weight is 507 g/mol. The van der Waals surface area contributed by atoms with Crippen molar-refractivity contribution in [2.45, 2.75) is 83.5 Å². The van der Waals surface area contributed by atoms with Gasteiger partial charge in [-0.15, -0.1) is 0 Å². The molecule has 2 amide bonds. The number of aryl methyl sites for hydroxylation is 1. The Morgan fingerprint density at radius 3 is 2.41 bits per heavy atom. The molecule has 5 rings (SSSR count). The quantitative estimate of drug-likeness (QED) is 0.376. The highest BCUT2D eigenvalue weighted by Gasteiger charge is 2.33. The number of allylic oxidation sites excluding steroid dienone is 1. The number of rotatable bonds is 8. The summed E-state index contributed by atoms with van der Waals surface area (Å²) in [5.74, 6) is 1.11. The Balaban J connectivity index is 1.29. The summed E-state index contributed by atoms with van der Waals surface area (Å²) < 4.78 is 6.23. The van der Waals surface area contributed by atoms with E-state index >= 15 is 0 Å². The van der Waals surface area contributed by atoms with E-state index in [1.807, 2.05) is 19.2 Å². The molecule has 1 aliphatic heterocycles. The summed E-state index contributed by atoms with van der Waals surface area (Å²) in [6, 6.07) is 8.32. The van der Waals surface area contributed by atoms with Crippen molar-refractivity contribution in [3.8, 4) is 5.75 Å². The minimum absolute atomic E-state index is 0.0361. The standard InChI is InChI=1S/C29H38N4O4/c1-16-4-11-24(37-15-19-5-6-19)23(14-16)26-22-12-13-30-27(22)25(17(2)31-26)29(36)33-21-9-7-20(8-10-21)32-28(35)18(3)34/h4,11-14,18-21,26,30-31,34H,5-10,15H2,1-3H3,(H,32,35)(H,33,36). The third-order valence-electron chi connectivity index (χ3n) is 7.74. The highest BCUT2D eigenvalue weighted by Crippen LogP contribution is 2.40. The molecule has 1 aromatic heterocycles. The molecule has 2 saturated carbocycles. The van der Waals surface area contributed by atoms with Crippen LogP contribution in [0.2, 0.25) is 0 Å². The third kappa shape index (κ3) is 5.69. The minimum Gasteiger partial charge on any atom is -0.493 e. The van der Waals surface area contributed by atoms with E-state index in [1.165, 1.54) is 19.8 Å². The number of aliphatic hydroxyl groups is 1. The molecule has 2 heterocycles. The fourth-order valence-corrected chi connectivity index (χ4v) is 5.40. The van der Waals surface area contributed by atoms with E-state index in [0.29, 0.717) is 11.5 Å². The lowest BCUT2D eigenvalue weighted by atomic mass is 9.88. The Morgan fingerprint density at radius 1 is 1.03 bits per heavy atom. The predicted molar refractivity (Wildman–Crippen MR) is 142 cm³/mol. The van der Waals surface area contributed by atoms with Crippen LogP contribution in [-0.2, 0) is 9.59 Å². The van der Waals surface area contributed by atoms with E-state index in [9.17, 15) is 14.7 Å². The summed E-state index contributed by atoms with van der Waals surface area (Å²) in [5.41, 5.74) is 5.57. The lowest BCUT2D eigenvalue weighted by Gasteiger charge is -2.32. The van der Waals surface area contributed by atoms with Crippen LogP contribution in [0.1, 0.15) is 80.8 Å². The zero-order chi connectivity index (χ0) is 26.1. The van der Waals surface area contributed by atoms with Crippen LogP contribution in [0.3, 0.4) is 0 Å². The van der Waals surface area contributed by atoms with Crippen molar-refractivity contribution in [1.29, 1.82) is 0 Å². The molecule has 5 N–H and O–H groups in total. The number of hydrogen-bond donors (Lipinski definition) is 5. The SMILES string of the molecule is CC1=C(C(=O)NC2CCC(NC(=O)C(C)O)CC2)c2[nH]ccc2C(c2cc(C)ccc2OCC2CC2)N1. The molecule has 3 aliphatic rings. The number of aliphatic hydroxyl groups excluding tert-OH is 1. The molecule has 2 aliphatic carbocycles. The van der Waals surface area contributed by atoms with Gasteiger partial charge in [-0.3, -0.25) is 9.59 Å². The van der Waals surface area contributed by atoms with Gasteiger partial charge in [0.25, 0.3) is 5.91 Å². The zero-order valence-corrected chi connectivity index (χ0v) is 21.9. The molecule has 0 radical (unpaired) electrons. The normalized spacial score (nSPS) is 24.1. The van der Waals surface area contributed by atoms with Gasteiger partial charge in [0.15, 0.2) is 0 Å². The summed E-state index contributed by atoms with van der Waals surface area (Å²) >= 11 is 0. The summed E-state index contributed by atoms with van der Waals surface area (Å²) in [5, 5.41) is 19.1. The maximum atomic E-state index is 13.5. The fraction of sp³-hybridized carbons (Fsp3) is 0.517. The number of benzene rings is 1. The smallest absolute Gasteiger partial charge is 0.255 e. The molecule has 8 heteroatoms. The fourth-order valence-electron chi connectivity index (χ4n) is 5.40. The Hall–Kier alpha value is -3.26. The van der Waals surface area contributed by atoms with Gasteiger partial charge in [0.2, 0.25) is 5.91 Å². The van der Waals surface area contributed by atoms with Crippen LogP contribution in [-0.4, -0.2) is 46.7 Å². The van der Waals surface area contributed by atoms with Crippen molar-refractivity contribution in [2.75, 3.05) is 6.61 Å². The molecule has 0 spiro atoms. The molecule has 2 atom stereocenters. The van der Waals surface area contributed by atoms with Gasteiger partial charge in [-0.1, -0.05) is 11.6 Å². The van der Waals surface area contributed by atoms with Gasteiger partial charge in [-0.25, -0.2) is 0 Å². The lowest BCUT2D eigenvalue weighted by molar-refractivity contribution is -0.129. The molecule has 0 bridgehead atoms. The summed E-state index contributed by atoms with van der Waals surface area (Å²) in [4.78, 5) is 28.6. The Bertz CT molecular complexity index is 1190. The summed E-state index contributed by atoms with van der Waals surface area (Å²) in [6.45, 7) is 6.25. The van der Waals surface area contributed by atoms with E-state index in [-0.39, 0.29) is 29.9 Å². The second-order valence-electron chi connectivity index (χ2n) is 10.9. The van der Waals surface area contributed by atoms with Crippen molar-refractivity contribution >= 4 is 17.4 Å². The number of aromatic nitrogens is 1. The van der Waals surface area contributed by atoms with Crippen LogP contribution in [0.15, 0.2) is 36.2 Å². The topological polar surface area (TPSA) is 115 Å². The molecular weight excluding hydrogens is 468 g/mol. The Labute approximate surface area is 218 Å². The van der Waals surface area contributed by atoms with E-state index in [2.05, 4.69) is 46.1 Å². The van der Waals surface area contributed by atoms with Crippen molar-refractivity contribution in [3.63, 3.8) is 0 Å². The predicted octanol–water partition coefficient (Wildman–Crippen LogP) is 3.46. The highest BCUT2D eigenvalue weighted by molar-refractivity contribution is 6.20.